The minimum atomic E-state index is -0.155. The number of rotatable bonds is 10. The van der Waals surface area contributed by atoms with Gasteiger partial charge in [-0.05, 0) is 51.0 Å². The summed E-state index contributed by atoms with van der Waals surface area (Å²) in [5, 5.41) is 4.71. The van der Waals surface area contributed by atoms with Crippen molar-refractivity contribution in [1.82, 2.24) is 5.32 Å². The van der Waals surface area contributed by atoms with E-state index >= 15 is 0 Å². The van der Waals surface area contributed by atoms with Gasteiger partial charge in [-0.15, -0.1) is 11.3 Å². The molecule has 0 spiro atoms. The van der Waals surface area contributed by atoms with Gasteiger partial charge in [0, 0.05) is 0 Å². The number of aliphatic imine (C=N–C) groups is 1. The van der Waals surface area contributed by atoms with E-state index in [1.165, 1.54) is 11.3 Å². The number of carbonyl (C=O) groups is 1. The zero-order valence-corrected chi connectivity index (χ0v) is 17.1. The average molecular weight is 369 g/mol. The fourth-order valence-corrected chi connectivity index (χ4v) is 3.05. The topological polar surface area (TPSA) is 55.1 Å². The second-order valence-corrected chi connectivity index (χ2v) is 7.72. The van der Waals surface area contributed by atoms with Crippen LogP contribution in [0, 0.1) is 5.92 Å². The minimum Gasteiger partial charge on any atom is -0.465 e. The third kappa shape index (κ3) is 9.02. The van der Waals surface area contributed by atoms with Crippen molar-refractivity contribution in [3.63, 3.8) is 0 Å². The van der Waals surface area contributed by atoms with E-state index in [9.17, 15) is 4.79 Å². The highest BCUT2D eigenvalue weighted by Crippen LogP contribution is 2.08. The second kappa shape index (κ2) is 12.0. The predicted octanol–water partition coefficient (Wildman–Crippen LogP) is 2.60. The van der Waals surface area contributed by atoms with Crippen molar-refractivity contribution < 1.29 is 14.4 Å². The average Bonchev–Trinajstić information content (AvgIpc) is 3.11. The Bertz CT molecular complexity index is 511. The first-order chi connectivity index (χ1) is 12.0. The number of quaternary nitrogens is 1. The van der Waals surface area contributed by atoms with Crippen molar-refractivity contribution in [3.8, 4) is 0 Å². The van der Waals surface area contributed by atoms with E-state index in [-0.39, 0.29) is 11.9 Å². The molecule has 0 aliphatic heterocycles. The van der Waals surface area contributed by atoms with Crippen molar-refractivity contribution in [2.45, 2.75) is 53.5 Å². The Hall–Kier alpha value is -1.40. The number of carbonyl (C=O) groups excluding carboxylic acids is 1. The van der Waals surface area contributed by atoms with E-state index in [1.54, 1.807) is 11.0 Å². The van der Waals surface area contributed by atoms with Gasteiger partial charge in [0.25, 0.3) is 11.9 Å². The summed E-state index contributed by atoms with van der Waals surface area (Å²) >= 11 is 1.41. The van der Waals surface area contributed by atoms with E-state index in [0.717, 1.165) is 32.5 Å². The summed E-state index contributed by atoms with van der Waals surface area (Å²) in [4.78, 5) is 19.1. The highest BCUT2D eigenvalue weighted by atomic mass is 32.1. The lowest BCUT2D eigenvalue weighted by Crippen LogP contribution is -3.11. The van der Waals surface area contributed by atoms with Crippen LogP contribution in [0.5, 0.6) is 0 Å². The summed E-state index contributed by atoms with van der Waals surface area (Å²) in [6.07, 6.45) is 2.12. The third-order valence-corrected chi connectivity index (χ3v) is 4.88. The molecule has 1 aromatic heterocycles. The molecule has 25 heavy (non-hydrogen) atoms. The molecule has 1 rings (SSSR count). The highest BCUT2D eigenvalue weighted by molar-refractivity contribution is 7.12. The molecule has 0 unspecified atom stereocenters. The van der Waals surface area contributed by atoms with Crippen molar-refractivity contribution in [2.75, 3.05) is 26.2 Å². The molecule has 1 atom stereocenters. The molecule has 5 nitrogen and oxygen atoms in total. The largest absolute Gasteiger partial charge is 0.465 e. The van der Waals surface area contributed by atoms with Crippen molar-refractivity contribution in [1.29, 1.82) is 0 Å². The SMILES string of the molecule is CC[NH+](CC)CCC[C@H](C)N=C(NC(=O)c1cccs1)OCC(C)C. The molecule has 142 valence electrons. The number of ether oxygens (including phenoxy) is 1. The maximum absolute atomic E-state index is 12.3. The smallest absolute Gasteiger partial charge is 0.291 e. The molecule has 1 heterocycles. The highest BCUT2D eigenvalue weighted by Gasteiger charge is 2.13. The number of hydrogen-bond donors (Lipinski definition) is 2. The quantitative estimate of drug-likeness (QED) is 0.493. The molecule has 0 aliphatic carbocycles. The van der Waals surface area contributed by atoms with Crippen LogP contribution in [-0.2, 0) is 4.74 Å². The molecule has 0 fully saturated rings. The van der Waals surface area contributed by atoms with Gasteiger partial charge in [0.1, 0.15) is 0 Å². The first-order valence-electron chi connectivity index (χ1n) is 9.35. The number of thiophene rings is 1. The molecule has 6 heteroatoms. The van der Waals surface area contributed by atoms with Crippen LogP contribution in [0.15, 0.2) is 22.5 Å². The molecule has 1 aromatic rings. The van der Waals surface area contributed by atoms with Gasteiger partial charge in [-0.2, -0.15) is 0 Å². The van der Waals surface area contributed by atoms with Crippen LogP contribution in [0.4, 0.5) is 0 Å². The van der Waals surface area contributed by atoms with Gasteiger partial charge in [0.15, 0.2) is 0 Å². The minimum absolute atomic E-state index is 0.126. The number of amidine groups is 1. The Kier molecular flexibility index (Phi) is 10.4. The molecule has 2 N–H and O–H groups in total. The van der Waals surface area contributed by atoms with Gasteiger partial charge in [-0.25, -0.2) is 4.99 Å². The van der Waals surface area contributed by atoms with Crippen LogP contribution in [0.3, 0.4) is 0 Å². The molecule has 0 aromatic carbocycles. The summed E-state index contributed by atoms with van der Waals surface area (Å²) in [5.41, 5.74) is 0. The lowest BCUT2D eigenvalue weighted by molar-refractivity contribution is -0.896. The van der Waals surface area contributed by atoms with Gasteiger partial charge in [0.05, 0.1) is 37.2 Å². The Balaban J connectivity index is 2.60. The van der Waals surface area contributed by atoms with E-state index in [4.69, 9.17) is 4.74 Å². The van der Waals surface area contributed by atoms with Crippen molar-refractivity contribution in [2.24, 2.45) is 10.9 Å². The van der Waals surface area contributed by atoms with Gasteiger partial charge < -0.3 is 9.64 Å². The molecule has 0 radical (unpaired) electrons. The lowest BCUT2D eigenvalue weighted by Gasteiger charge is -2.17. The normalized spacial score (nSPS) is 13.3. The van der Waals surface area contributed by atoms with Gasteiger partial charge in [-0.3, -0.25) is 10.1 Å². The van der Waals surface area contributed by atoms with Crippen LogP contribution >= 0.6 is 11.3 Å². The zero-order chi connectivity index (χ0) is 18.7. The fourth-order valence-electron chi connectivity index (χ4n) is 2.43. The van der Waals surface area contributed by atoms with Crippen molar-refractivity contribution >= 4 is 23.3 Å². The monoisotopic (exact) mass is 368 g/mol. The predicted molar refractivity (Wildman–Crippen MR) is 106 cm³/mol. The molecule has 0 bridgehead atoms. The second-order valence-electron chi connectivity index (χ2n) is 6.77. The Morgan fingerprint density at radius 3 is 2.60 bits per heavy atom. The first-order valence-corrected chi connectivity index (χ1v) is 10.2. The standard InChI is InChI=1S/C19H33N3O2S/c1-6-22(7-2)12-8-10-16(5)20-19(24-14-15(3)4)21-18(23)17-11-9-13-25-17/h9,11,13,15-16H,6-8,10,12,14H2,1-5H3,(H,20,21,23)/p+1/t16-/m0/s1. The van der Waals surface area contributed by atoms with Crippen LogP contribution < -0.4 is 10.2 Å². The Morgan fingerprint density at radius 2 is 2.04 bits per heavy atom. The maximum atomic E-state index is 12.3. The first kappa shape index (κ1) is 21.6. The summed E-state index contributed by atoms with van der Waals surface area (Å²) in [7, 11) is 0. The molecule has 0 saturated heterocycles. The molecule has 0 saturated carbocycles. The number of nitrogens with one attached hydrogen (secondary N) is 2. The summed E-state index contributed by atoms with van der Waals surface area (Å²) in [5.74, 6) is 0.225. The Morgan fingerprint density at radius 1 is 1.32 bits per heavy atom. The third-order valence-electron chi connectivity index (χ3n) is 4.01. The zero-order valence-electron chi connectivity index (χ0n) is 16.3. The van der Waals surface area contributed by atoms with E-state index < -0.39 is 0 Å². The van der Waals surface area contributed by atoms with E-state index in [2.05, 4.69) is 44.9 Å². The van der Waals surface area contributed by atoms with Crippen LogP contribution in [0.1, 0.15) is 57.1 Å². The summed E-state index contributed by atoms with van der Waals surface area (Å²) in [6.45, 7) is 14.7. The number of hydrogen-bond acceptors (Lipinski definition) is 4. The Labute approximate surface area is 156 Å². The van der Waals surface area contributed by atoms with Gasteiger partial charge in [0.2, 0.25) is 0 Å². The van der Waals surface area contributed by atoms with Crippen LogP contribution in [0.25, 0.3) is 0 Å². The summed E-state index contributed by atoms with van der Waals surface area (Å²) < 4.78 is 5.73. The number of nitrogens with zero attached hydrogens (tertiary/aromatic N) is 1. The van der Waals surface area contributed by atoms with Gasteiger partial charge in [-0.1, -0.05) is 19.9 Å². The number of amides is 1. The molecular weight excluding hydrogens is 334 g/mol. The van der Waals surface area contributed by atoms with Gasteiger partial charge >= 0.3 is 0 Å². The fraction of sp³-hybridized carbons (Fsp3) is 0.684. The van der Waals surface area contributed by atoms with Crippen LogP contribution in [0.2, 0.25) is 0 Å². The lowest BCUT2D eigenvalue weighted by atomic mass is 10.2. The van der Waals surface area contributed by atoms with Crippen LogP contribution in [-0.4, -0.2) is 44.2 Å². The summed E-state index contributed by atoms with van der Waals surface area (Å²) in [6, 6.07) is 4.13. The van der Waals surface area contributed by atoms with E-state index in [0.29, 0.717) is 23.4 Å². The maximum Gasteiger partial charge on any atom is 0.291 e. The van der Waals surface area contributed by atoms with Crippen molar-refractivity contribution in [3.05, 3.63) is 22.4 Å². The molecular formula is C19H34N3O2S+. The molecule has 0 aliphatic rings. The van der Waals surface area contributed by atoms with E-state index in [1.807, 2.05) is 11.4 Å². The molecule has 1 amide bonds.